The maximum Gasteiger partial charge on any atom is 0.265 e. The second-order valence-corrected chi connectivity index (χ2v) is 6.25. The predicted octanol–water partition coefficient (Wildman–Crippen LogP) is 3.62. The smallest absolute Gasteiger partial charge is 0.265 e. The maximum atomic E-state index is 11.9. The number of amides is 1. The van der Waals surface area contributed by atoms with Gasteiger partial charge in [0.2, 0.25) is 0 Å². The van der Waals surface area contributed by atoms with E-state index in [1.54, 1.807) is 6.20 Å². The number of nitrogens with two attached hydrogens (primary N) is 1. The maximum absolute atomic E-state index is 11.9. The standard InChI is InChI=1S/C19H21N3O/c1-12(2)16-9-13(3)8-14-10-17(19(20)23)22(18(14)16)11-15-6-4-5-7-21-15/h4-10,12H,11H2,1-3H3,(H2,20,23). The molecule has 4 heteroatoms. The van der Waals surface area contributed by atoms with E-state index in [0.717, 1.165) is 16.6 Å². The summed E-state index contributed by atoms with van der Waals surface area (Å²) in [5.74, 6) is -0.0556. The molecule has 0 radical (unpaired) electrons. The van der Waals surface area contributed by atoms with E-state index in [-0.39, 0.29) is 0 Å². The molecule has 3 rings (SSSR count). The fourth-order valence-electron chi connectivity index (χ4n) is 3.07. The Balaban J connectivity index is 2.28. The molecule has 1 aromatic carbocycles. The van der Waals surface area contributed by atoms with E-state index in [0.29, 0.717) is 18.2 Å². The summed E-state index contributed by atoms with van der Waals surface area (Å²) in [6.45, 7) is 6.93. The zero-order valence-electron chi connectivity index (χ0n) is 13.7. The van der Waals surface area contributed by atoms with E-state index in [4.69, 9.17) is 5.73 Å². The van der Waals surface area contributed by atoms with Gasteiger partial charge in [0.15, 0.2) is 0 Å². The number of primary amides is 1. The van der Waals surface area contributed by atoms with Crippen molar-refractivity contribution in [3.63, 3.8) is 0 Å². The number of hydrogen-bond acceptors (Lipinski definition) is 2. The molecule has 2 aromatic heterocycles. The summed E-state index contributed by atoms with van der Waals surface area (Å²) in [4.78, 5) is 16.3. The Morgan fingerprint density at radius 3 is 2.65 bits per heavy atom. The molecule has 23 heavy (non-hydrogen) atoms. The van der Waals surface area contributed by atoms with Crippen molar-refractivity contribution in [2.24, 2.45) is 5.73 Å². The monoisotopic (exact) mass is 307 g/mol. The van der Waals surface area contributed by atoms with Gasteiger partial charge < -0.3 is 10.3 Å². The van der Waals surface area contributed by atoms with Crippen molar-refractivity contribution in [1.82, 2.24) is 9.55 Å². The number of pyridine rings is 1. The van der Waals surface area contributed by atoms with Gasteiger partial charge in [-0.2, -0.15) is 0 Å². The van der Waals surface area contributed by atoms with Crippen LogP contribution in [0.25, 0.3) is 10.9 Å². The summed E-state index contributed by atoms with van der Waals surface area (Å²) in [7, 11) is 0. The molecular weight excluding hydrogens is 286 g/mol. The Morgan fingerprint density at radius 1 is 1.26 bits per heavy atom. The molecule has 0 atom stereocenters. The van der Waals surface area contributed by atoms with E-state index >= 15 is 0 Å². The zero-order valence-corrected chi connectivity index (χ0v) is 13.7. The van der Waals surface area contributed by atoms with Crippen LogP contribution in [0.15, 0.2) is 42.6 Å². The summed E-state index contributed by atoms with van der Waals surface area (Å²) in [6.07, 6.45) is 1.76. The second-order valence-electron chi connectivity index (χ2n) is 6.25. The molecule has 0 bridgehead atoms. The Morgan fingerprint density at radius 2 is 2.04 bits per heavy atom. The van der Waals surface area contributed by atoms with Gasteiger partial charge in [0.25, 0.3) is 5.91 Å². The Bertz CT molecular complexity index is 863. The molecule has 0 saturated carbocycles. The minimum Gasteiger partial charge on any atom is -0.364 e. The average molecular weight is 307 g/mol. The van der Waals surface area contributed by atoms with Gasteiger partial charge in [-0.3, -0.25) is 9.78 Å². The number of aromatic nitrogens is 2. The highest BCUT2D eigenvalue weighted by Gasteiger charge is 2.18. The molecule has 2 heterocycles. The van der Waals surface area contributed by atoms with E-state index in [1.807, 2.05) is 28.8 Å². The van der Waals surface area contributed by atoms with Crippen molar-refractivity contribution < 1.29 is 4.79 Å². The van der Waals surface area contributed by atoms with Crippen LogP contribution in [-0.2, 0) is 6.54 Å². The van der Waals surface area contributed by atoms with Gasteiger partial charge in [-0.05, 0) is 42.7 Å². The van der Waals surface area contributed by atoms with Crippen LogP contribution >= 0.6 is 0 Å². The van der Waals surface area contributed by atoms with Crippen LogP contribution in [0.5, 0.6) is 0 Å². The number of rotatable bonds is 4. The van der Waals surface area contributed by atoms with Crippen molar-refractivity contribution >= 4 is 16.8 Å². The fourth-order valence-corrected chi connectivity index (χ4v) is 3.07. The van der Waals surface area contributed by atoms with Gasteiger partial charge in [-0.1, -0.05) is 31.5 Å². The van der Waals surface area contributed by atoms with Crippen molar-refractivity contribution in [3.05, 3.63) is 65.1 Å². The number of benzene rings is 1. The van der Waals surface area contributed by atoms with Gasteiger partial charge in [0.1, 0.15) is 5.69 Å². The fraction of sp³-hybridized carbons (Fsp3) is 0.263. The molecule has 0 unspecified atom stereocenters. The molecule has 0 aliphatic rings. The molecule has 0 aliphatic carbocycles. The number of hydrogen-bond donors (Lipinski definition) is 1. The largest absolute Gasteiger partial charge is 0.364 e. The molecule has 4 nitrogen and oxygen atoms in total. The lowest BCUT2D eigenvalue weighted by atomic mass is 9.98. The first-order valence-electron chi connectivity index (χ1n) is 7.81. The number of nitrogens with zero attached hydrogens (tertiary/aromatic N) is 2. The van der Waals surface area contributed by atoms with Crippen molar-refractivity contribution in [2.45, 2.75) is 33.2 Å². The van der Waals surface area contributed by atoms with Gasteiger partial charge in [-0.25, -0.2) is 0 Å². The third-order valence-corrected chi connectivity index (χ3v) is 4.09. The van der Waals surface area contributed by atoms with E-state index in [9.17, 15) is 4.79 Å². The van der Waals surface area contributed by atoms with Crippen LogP contribution in [-0.4, -0.2) is 15.5 Å². The van der Waals surface area contributed by atoms with Gasteiger partial charge >= 0.3 is 0 Å². The second kappa shape index (κ2) is 5.88. The molecule has 0 aliphatic heterocycles. The van der Waals surface area contributed by atoms with Crippen LogP contribution in [0.1, 0.15) is 47.1 Å². The van der Waals surface area contributed by atoms with Gasteiger partial charge in [-0.15, -0.1) is 0 Å². The van der Waals surface area contributed by atoms with E-state index in [2.05, 4.69) is 37.9 Å². The lowest BCUT2D eigenvalue weighted by Crippen LogP contribution is -2.18. The number of carbonyl (C=O) groups excluding carboxylic acids is 1. The summed E-state index contributed by atoms with van der Waals surface area (Å²) in [5.41, 5.74) is 10.5. The summed E-state index contributed by atoms with van der Waals surface area (Å²) >= 11 is 0. The quantitative estimate of drug-likeness (QED) is 0.800. The normalized spacial score (nSPS) is 11.3. The molecule has 0 saturated heterocycles. The minimum absolute atomic E-state index is 0.357. The highest BCUT2D eigenvalue weighted by molar-refractivity contribution is 5.99. The Kier molecular flexibility index (Phi) is 3.90. The van der Waals surface area contributed by atoms with Crippen LogP contribution < -0.4 is 5.73 Å². The number of carbonyl (C=O) groups is 1. The van der Waals surface area contributed by atoms with Gasteiger partial charge in [0, 0.05) is 11.6 Å². The summed E-state index contributed by atoms with van der Waals surface area (Å²) in [6, 6.07) is 12.0. The van der Waals surface area contributed by atoms with E-state index in [1.165, 1.54) is 11.1 Å². The van der Waals surface area contributed by atoms with Crippen LogP contribution in [0.2, 0.25) is 0 Å². The van der Waals surface area contributed by atoms with Crippen molar-refractivity contribution in [1.29, 1.82) is 0 Å². The SMILES string of the molecule is Cc1cc(C(C)C)c2c(c1)cc(C(N)=O)n2Cc1ccccn1. The third-order valence-electron chi connectivity index (χ3n) is 4.09. The summed E-state index contributed by atoms with van der Waals surface area (Å²) in [5, 5.41) is 1.05. The molecule has 0 spiro atoms. The molecule has 2 N–H and O–H groups in total. The lowest BCUT2D eigenvalue weighted by Gasteiger charge is -2.14. The number of fused-ring (bicyclic) bond motifs is 1. The topological polar surface area (TPSA) is 60.9 Å². The number of aryl methyl sites for hydroxylation is 1. The lowest BCUT2D eigenvalue weighted by molar-refractivity contribution is 0.0992. The van der Waals surface area contributed by atoms with Crippen LogP contribution in [0.3, 0.4) is 0 Å². The molecule has 0 fully saturated rings. The molecule has 1 amide bonds. The average Bonchev–Trinajstić information content (AvgIpc) is 2.86. The van der Waals surface area contributed by atoms with Crippen LogP contribution in [0, 0.1) is 6.92 Å². The molecule has 118 valence electrons. The zero-order chi connectivity index (χ0) is 16.6. The Labute approximate surface area is 136 Å². The third kappa shape index (κ3) is 2.84. The predicted molar refractivity (Wildman–Crippen MR) is 92.6 cm³/mol. The van der Waals surface area contributed by atoms with Crippen LogP contribution in [0.4, 0.5) is 0 Å². The molecular formula is C19H21N3O. The first-order chi connectivity index (χ1) is 11.0. The first-order valence-corrected chi connectivity index (χ1v) is 7.81. The van der Waals surface area contributed by atoms with Gasteiger partial charge in [0.05, 0.1) is 17.8 Å². The van der Waals surface area contributed by atoms with Crippen molar-refractivity contribution in [2.75, 3.05) is 0 Å². The Hall–Kier alpha value is -2.62. The highest BCUT2D eigenvalue weighted by atomic mass is 16.1. The van der Waals surface area contributed by atoms with E-state index < -0.39 is 5.91 Å². The molecule has 3 aromatic rings. The minimum atomic E-state index is -0.413. The summed E-state index contributed by atoms with van der Waals surface area (Å²) < 4.78 is 1.99. The highest BCUT2D eigenvalue weighted by Crippen LogP contribution is 2.30. The van der Waals surface area contributed by atoms with Crippen molar-refractivity contribution in [3.8, 4) is 0 Å². The first kappa shape index (κ1) is 15.3.